The second kappa shape index (κ2) is 8.13. The van der Waals surface area contributed by atoms with Crippen LogP contribution in [0.15, 0.2) is 88.5 Å². The van der Waals surface area contributed by atoms with Crippen molar-refractivity contribution in [2.75, 3.05) is 0 Å². The Morgan fingerprint density at radius 3 is 2.12 bits per heavy atom. The normalized spacial score (nSPS) is 12.0. The highest BCUT2D eigenvalue weighted by atomic mass is 32.2. The summed E-state index contributed by atoms with van der Waals surface area (Å²) in [4.78, 5) is 4.18. The van der Waals surface area contributed by atoms with Gasteiger partial charge in [0.1, 0.15) is 11.4 Å². The molecule has 3 aromatic carbocycles. The Hall–Kier alpha value is -3.63. The number of sulfonamides is 1. The molecule has 6 nitrogen and oxygen atoms in total. The summed E-state index contributed by atoms with van der Waals surface area (Å²) in [5, 5.41) is 5.22. The van der Waals surface area contributed by atoms with Crippen molar-refractivity contribution in [2.45, 2.75) is 11.3 Å². The lowest BCUT2D eigenvalue weighted by atomic mass is 10.00. The molecule has 2 N–H and O–H groups in total. The Kier molecular flexibility index (Phi) is 5.49. The largest absolute Gasteiger partial charge is 0.573 e. The smallest absolute Gasteiger partial charge is 0.443 e. The summed E-state index contributed by atoms with van der Waals surface area (Å²) in [5.41, 5.74) is 2.95. The summed E-state index contributed by atoms with van der Waals surface area (Å²) in [7, 11) is -3.85. The Labute approximate surface area is 181 Å². The molecule has 0 bridgehead atoms. The number of oxazole rings is 1. The maximum absolute atomic E-state index is 12.4. The molecule has 10 heteroatoms. The molecule has 4 rings (SSSR count). The number of hydrogen-bond donors (Lipinski definition) is 1. The van der Waals surface area contributed by atoms with Crippen LogP contribution in [0.2, 0.25) is 0 Å². The van der Waals surface area contributed by atoms with Crippen molar-refractivity contribution in [3.05, 3.63) is 79.2 Å². The van der Waals surface area contributed by atoms with E-state index in [1.807, 2.05) is 0 Å². The zero-order valence-electron chi connectivity index (χ0n) is 16.2. The van der Waals surface area contributed by atoms with Gasteiger partial charge in [0, 0.05) is 11.1 Å². The lowest BCUT2D eigenvalue weighted by Gasteiger charge is -2.09. The summed E-state index contributed by atoms with van der Waals surface area (Å²) in [6, 6.07) is 18.6. The molecule has 0 fully saturated rings. The van der Waals surface area contributed by atoms with Gasteiger partial charge in [-0.05, 0) is 53.6 Å². The van der Waals surface area contributed by atoms with Gasteiger partial charge in [-0.15, -0.1) is 13.2 Å². The van der Waals surface area contributed by atoms with E-state index in [9.17, 15) is 21.6 Å². The molecule has 0 aliphatic heterocycles. The number of aromatic nitrogens is 1. The first kappa shape index (κ1) is 21.6. The number of benzene rings is 3. The number of ether oxygens (including phenoxy) is 1. The van der Waals surface area contributed by atoms with Crippen LogP contribution in [0.4, 0.5) is 13.2 Å². The van der Waals surface area contributed by atoms with E-state index < -0.39 is 16.4 Å². The van der Waals surface area contributed by atoms with Gasteiger partial charge >= 0.3 is 6.36 Å². The third kappa shape index (κ3) is 4.82. The van der Waals surface area contributed by atoms with Crippen LogP contribution >= 0.6 is 0 Å². The zero-order chi connectivity index (χ0) is 22.9. The fraction of sp³-hybridized carbons (Fsp3) is 0.0455. The van der Waals surface area contributed by atoms with Crippen molar-refractivity contribution in [1.82, 2.24) is 4.98 Å². The number of nitrogens with zero attached hydrogens (tertiary/aromatic N) is 1. The molecular weight excluding hydrogens is 445 g/mol. The quantitative estimate of drug-likeness (QED) is 0.441. The molecule has 0 aliphatic rings. The van der Waals surface area contributed by atoms with Gasteiger partial charge in [0.15, 0.2) is 12.2 Å². The zero-order valence-corrected chi connectivity index (χ0v) is 17.0. The monoisotopic (exact) mass is 460 g/mol. The minimum atomic E-state index is -4.78. The number of halogens is 3. The number of rotatable bonds is 5. The summed E-state index contributed by atoms with van der Waals surface area (Å²) in [5.74, 6) is 0.0574. The number of hydrogen-bond acceptors (Lipinski definition) is 5. The van der Waals surface area contributed by atoms with Crippen LogP contribution in [-0.2, 0) is 10.0 Å². The van der Waals surface area contributed by atoms with Crippen LogP contribution < -0.4 is 9.88 Å². The molecule has 0 spiro atoms. The van der Waals surface area contributed by atoms with Gasteiger partial charge in [-0.1, -0.05) is 30.3 Å². The van der Waals surface area contributed by atoms with Crippen molar-refractivity contribution in [3.63, 3.8) is 0 Å². The van der Waals surface area contributed by atoms with Crippen LogP contribution in [0.3, 0.4) is 0 Å². The molecule has 0 amide bonds. The average Bonchev–Trinajstić information content (AvgIpc) is 3.23. The third-order valence-electron chi connectivity index (χ3n) is 4.55. The number of alkyl halides is 3. The van der Waals surface area contributed by atoms with Crippen LogP contribution in [0, 0.1) is 0 Å². The molecule has 0 atom stereocenters. The number of nitrogens with two attached hydrogens (primary N) is 1. The lowest BCUT2D eigenvalue weighted by molar-refractivity contribution is -0.274. The Balaban J connectivity index is 1.68. The maximum Gasteiger partial charge on any atom is 0.573 e. The minimum absolute atomic E-state index is 0.0121. The van der Waals surface area contributed by atoms with E-state index in [2.05, 4.69) is 9.72 Å². The van der Waals surface area contributed by atoms with E-state index >= 15 is 0 Å². The van der Waals surface area contributed by atoms with Crippen LogP contribution in [-0.4, -0.2) is 19.8 Å². The SMILES string of the molecule is NS(=O)(=O)c1cccc(-c2cccc(-c3ocnc3-c3ccc(OC(F)(F)F)cc3)c2)c1. The van der Waals surface area contributed by atoms with Crippen molar-refractivity contribution in [3.8, 4) is 39.5 Å². The Bertz CT molecular complexity index is 1360. The summed E-state index contributed by atoms with van der Waals surface area (Å²) >= 11 is 0. The fourth-order valence-corrected chi connectivity index (χ4v) is 3.72. The molecule has 0 aliphatic carbocycles. The molecule has 0 saturated carbocycles. The first-order chi connectivity index (χ1) is 15.1. The highest BCUT2D eigenvalue weighted by Crippen LogP contribution is 2.35. The molecule has 32 heavy (non-hydrogen) atoms. The predicted octanol–water partition coefficient (Wildman–Crippen LogP) is 5.22. The van der Waals surface area contributed by atoms with Gasteiger partial charge in [-0.2, -0.15) is 0 Å². The second-order valence-corrected chi connectivity index (χ2v) is 8.32. The molecule has 0 radical (unpaired) electrons. The number of primary sulfonamides is 1. The molecular formula is C22H15F3N2O4S. The first-order valence-electron chi connectivity index (χ1n) is 9.13. The molecule has 4 aromatic rings. The van der Waals surface area contributed by atoms with Crippen LogP contribution in [0.1, 0.15) is 0 Å². The van der Waals surface area contributed by atoms with Gasteiger partial charge < -0.3 is 9.15 Å². The fourth-order valence-electron chi connectivity index (χ4n) is 3.16. The van der Waals surface area contributed by atoms with E-state index in [-0.39, 0.29) is 10.6 Å². The summed E-state index contributed by atoms with van der Waals surface area (Å²) in [6.07, 6.45) is -3.54. The first-order valence-corrected chi connectivity index (χ1v) is 10.7. The van der Waals surface area contributed by atoms with Crippen molar-refractivity contribution in [1.29, 1.82) is 0 Å². The van der Waals surface area contributed by atoms with Gasteiger partial charge in [-0.25, -0.2) is 18.5 Å². The van der Waals surface area contributed by atoms with Crippen molar-refractivity contribution < 1.29 is 30.7 Å². The summed E-state index contributed by atoms with van der Waals surface area (Å²) < 4.78 is 69.9. The van der Waals surface area contributed by atoms with Crippen LogP contribution in [0.25, 0.3) is 33.7 Å². The van der Waals surface area contributed by atoms with E-state index in [0.29, 0.717) is 33.7 Å². The van der Waals surface area contributed by atoms with E-state index in [4.69, 9.17) is 9.56 Å². The molecule has 1 aromatic heterocycles. The highest BCUT2D eigenvalue weighted by molar-refractivity contribution is 7.89. The second-order valence-electron chi connectivity index (χ2n) is 6.76. The Morgan fingerprint density at radius 2 is 1.47 bits per heavy atom. The maximum atomic E-state index is 12.4. The lowest BCUT2D eigenvalue weighted by Crippen LogP contribution is -2.16. The average molecular weight is 460 g/mol. The van der Waals surface area contributed by atoms with Gasteiger partial charge in [0.2, 0.25) is 10.0 Å². The Morgan fingerprint density at radius 1 is 0.844 bits per heavy atom. The standard InChI is InChI=1S/C22H15F3N2O4S/c23-22(24,25)31-18-9-7-14(8-10-18)20-21(30-13-27-20)17-5-1-3-15(11-17)16-4-2-6-19(12-16)32(26,28)29/h1-13H,(H2,26,28,29). The summed E-state index contributed by atoms with van der Waals surface area (Å²) in [6.45, 7) is 0. The van der Waals surface area contributed by atoms with Crippen molar-refractivity contribution >= 4 is 10.0 Å². The topological polar surface area (TPSA) is 95.4 Å². The molecule has 0 unspecified atom stereocenters. The van der Waals surface area contributed by atoms with E-state index in [1.165, 1.54) is 42.8 Å². The van der Waals surface area contributed by atoms with Gasteiger partial charge in [0.05, 0.1) is 4.90 Å². The van der Waals surface area contributed by atoms with Crippen LogP contribution in [0.5, 0.6) is 5.75 Å². The third-order valence-corrected chi connectivity index (χ3v) is 5.46. The molecule has 164 valence electrons. The van der Waals surface area contributed by atoms with Gasteiger partial charge in [0.25, 0.3) is 0 Å². The molecule has 1 heterocycles. The minimum Gasteiger partial charge on any atom is -0.443 e. The predicted molar refractivity (Wildman–Crippen MR) is 111 cm³/mol. The van der Waals surface area contributed by atoms with Crippen molar-refractivity contribution in [2.24, 2.45) is 5.14 Å². The van der Waals surface area contributed by atoms with E-state index in [0.717, 1.165) is 0 Å². The van der Waals surface area contributed by atoms with Gasteiger partial charge in [-0.3, -0.25) is 0 Å². The van der Waals surface area contributed by atoms with E-state index in [1.54, 1.807) is 36.4 Å². The molecule has 0 saturated heterocycles. The highest BCUT2D eigenvalue weighted by Gasteiger charge is 2.31.